The third kappa shape index (κ3) is 3.59. The Morgan fingerprint density at radius 2 is 1.78 bits per heavy atom. The van der Waals surface area contributed by atoms with Gasteiger partial charge in [-0.1, -0.05) is 11.6 Å². The number of piperazine rings is 1. The predicted molar refractivity (Wildman–Crippen MR) is 96.5 cm³/mol. The van der Waals surface area contributed by atoms with Gasteiger partial charge in [-0.05, 0) is 30.3 Å². The molecule has 3 aromatic rings. The van der Waals surface area contributed by atoms with E-state index in [9.17, 15) is 9.18 Å². The molecule has 4 rings (SSSR count). The SMILES string of the molecule is O=C(c1ccc(F)cc1Cl)N1CCN(c2ccc(-n3cncn3)nn2)CC1. The number of nitrogens with zero attached hydrogens (tertiary/aromatic N) is 7. The van der Waals surface area contributed by atoms with Crippen molar-refractivity contribution in [3.05, 3.63) is 59.4 Å². The summed E-state index contributed by atoms with van der Waals surface area (Å²) in [5, 5.41) is 12.5. The average molecular weight is 388 g/mol. The first kappa shape index (κ1) is 17.3. The zero-order valence-electron chi connectivity index (χ0n) is 14.2. The summed E-state index contributed by atoms with van der Waals surface area (Å²) < 4.78 is 14.7. The van der Waals surface area contributed by atoms with Gasteiger partial charge in [0.05, 0.1) is 10.6 Å². The van der Waals surface area contributed by atoms with E-state index in [-0.39, 0.29) is 10.9 Å². The van der Waals surface area contributed by atoms with Crippen LogP contribution in [0, 0.1) is 5.82 Å². The molecular formula is C17H15ClFN7O. The molecule has 0 saturated carbocycles. The molecule has 0 aliphatic carbocycles. The number of hydrogen-bond acceptors (Lipinski definition) is 6. The number of anilines is 1. The number of benzene rings is 1. The first-order valence-corrected chi connectivity index (χ1v) is 8.67. The van der Waals surface area contributed by atoms with Crippen molar-refractivity contribution >= 4 is 23.3 Å². The van der Waals surface area contributed by atoms with E-state index in [1.54, 1.807) is 11.2 Å². The molecule has 1 saturated heterocycles. The van der Waals surface area contributed by atoms with Crippen molar-refractivity contribution in [2.45, 2.75) is 0 Å². The van der Waals surface area contributed by atoms with Gasteiger partial charge in [0.1, 0.15) is 18.5 Å². The summed E-state index contributed by atoms with van der Waals surface area (Å²) in [5.74, 6) is 0.642. The molecule has 1 aliphatic heterocycles. The van der Waals surface area contributed by atoms with Crippen LogP contribution >= 0.6 is 11.6 Å². The molecule has 1 amide bonds. The number of rotatable bonds is 3. The Morgan fingerprint density at radius 3 is 2.41 bits per heavy atom. The van der Waals surface area contributed by atoms with Gasteiger partial charge >= 0.3 is 0 Å². The summed E-state index contributed by atoms with van der Waals surface area (Å²) in [6.07, 6.45) is 2.98. The summed E-state index contributed by atoms with van der Waals surface area (Å²) in [7, 11) is 0. The highest BCUT2D eigenvalue weighted by Gasteiger charge is 2.24. The Balaban J connectivity index is 1.40. The number of aromatic nitrogens is 5. The summed E-state index contributed by atoms with van der Waals surface area (Å²) in [4.78, 5) is 20.2. The average Bonchev–Trinajstić information content (AvgIpc) is 3.23. The summed E-state index contributed by atoms with van der Waals surface area (Å²) in [6, 6.07) is 7.48. The van der Waals surface area contributed by atoms with Crippen molar-refractivity contribution in [1.29, 1.82) is 0 Å². The number of carbonyl (C=O) groups excluding carboxylic acids is 1. The molecular weight excluding hydrogens is 373 g/mol. The molecule has 0 atom stereocenters. The van der Waals surface area contributed by atoms with E-state index in [0.717, 1.165) is 11.9 Å². The molecule has 1 fully saturated rings. The van der Waals surface area contributed by atoms with Crippen molar-refractivity contribution in [2.24, 2.45) is 0 Å². The standard InChI is InChI=1S/C17H15ClFN7O/c18-14-9-12(19)1-2-13(14)17(27)25-7-5-24(6-8-25)15-3-4-16(23-22-15)26-11-20-10-21-26/h1-4,9-11H,5-8H2. The van der Waals surface area contributed by atoms with Crippen molar-refractivity contribution in [3.63, 3.8) is 0 Å². The molecule has 0 N–H and O–H groups in total. The van der Waals surface area contributed by atoms with Crippen LogP contribution in [0.25, 0.3) is 5.82 Å². The van der Waals surface area contributed by atoms with E-state index < -0.39 is 5.82 Å². The highest BCUT2D eigenvalue weighted by molar-refractivity contribution is 6.33. The number of carbonyl (C=O) groups is 1. The number of amides is 1. The topological polar surface area (TPSA) is 80.0 Å². The Morgan fingerprint density at radius 1 is 1.04 bits per heavy atom. The van der Waals surface area contributed by atoms with Crippen LogP contribution in [-0.4, -0.2) is 61.9 Å². The molecule has 27 heavy (non-hydrogen) atoms. The highest BCUT2D eigenvalue weighted by atomic mass is 35.5. The van der Waals surface area contributed by atoms with Crippen LogP contribution in [0.5, 0.6) is 0 Å². The van der Waals surface area contributed by atoms with Crippen molar-refractivity contribution in [1.82, 2.24) is 29.9 Å². The van der Waals surface area contributed by atoms with Crippen molar-refractivity contribution < 1.29 is 9.18 Å². The largest absolute Gasteiger partial charge is 0.352 e. The summed E-state index contributed by atoms with van der Waals surface area (Å²) in [5.41, 5.74) is 0.309. The van der Waals surface area contributed by atoms with E-state index in [1.807, 2.05) is 17.0 Å². The zero-order valence-corrected chi connectivity index (χ0v) is 14.9. The fraction of sp³-hybridized carbons (Fsp3) is 0.235. The first-order valence-electron chi connectivity index (χ1n) is 8.30. The second-order valence-electron chi connectivity index (χ2n) is 5.99. The lowest BCUT2D eigenvalue weighted by Gasteiger charge is -2.35. The summed E-state index contributed by atoms with van der Waals surface area (Å²) >= 11 is 6.00. The van der Waals surface area contributed by atoms with E-state index in [2.05, 4.69) is 20.3 Å². The molecule has 138 valence electrons. The summed E-state index contributed by atoms with van der Waals surface area (Å²) in [6.45, 7) is 2.25. The lowest BCUT2D eigenvalue weighted by Crippen LogP contribution is -2.49. The molecule has 0 radical (unpaired) electrons. The highest BCUT2D eigenvalue weighted by Crippen LogP contribution is 2.21. The van der Waals surface area contributed by atoms with Gasteiger partial charge in [-0.3, -0.25) is 4.79 Å². The van der Waals surface area contributed by atoms with Crippen LogP contribution in [0.2, 0.25) is 5.02 Å². The molecule has 2 aromatic heterocycles. The maximum Gasteiger partial charge on any atom is 0.255 e. The fourth-order valence-corrected chi connectivity index (χ4v) is 3.16. The molecule has 8 nitrogen and oxygen atoms in total. The van der Waals surface area contributed by atoms with E-state index >= 15 is 0 Å². The van der Waals surface area contributed by atoms with Gasteiger partial charge in [-0.25, -0.2) is 14.1 Å². The van der Waals surface area contributed by atoms with Gasteiger partial charge in [-0.2, -0.15) is 5.10 Å². The van der Waals surface area contributed by atoms with Crippen LogP contribution in [-0.2, 0) is 0 Å². The maximum absolute atomic E-state index is 13.2. The minimum Gasteiger partial charge on any atom is -0.352 e. The molecule has 0 unspecified atom stereocenters. The number of halogens is 2. The van der Waals surface area contributed by atoms with Crippen LogP contribution < -0.4 is 4.90 Å². The molecule has 3 heterocycles. The van der Waals surface area contributed by atoms with Gasteiger partial charge < -0.3 is 9.80 Å². The number of hydrogen-bond donors (Lipinski definition) is 0. The Kier molecular flexibility index (Phi) is 4.68. The van der Waals surface area contributed by atoms with E-state index in [1.165, 1.54) is 23.1 Å². The second kappa shape index (κ2) is 7.28. The fourth-order valence-electron chi connectivity index (χ4n) is 2.91. The van der Waals surface area contributed by atoms with Gasteiger partial charge in [-0.15, -0.1) is 10.2 Å². The first-order chi connectivity index (χ1) is 13.1. The van der Waals surface area contributed by atoms with Crippen LogP contribution in [0.15, 0.2) is 43.0 Å². The Bertz CT molecular complexity index is 940. The van der Waals surface area contributed by atoms with E-state index in [0.29, 0.717) is 37.6 Å². The third-order valence-electron chi connectivity index (χ3n) is 4.34. The normalized spacial score (nSPS) is 14.4. The quantitative estimate of drug-likeness (QED) is 0.682. The van der Waals surface area contributed by atoms with E-state index in [4.69, 9.17) is 11.6 Å². The Labute approximate surface area is 159 Å². The molecule has 0 bridgehead atoms. The Hall–Kier alpha value is -3.07. The molecule has 1 aliphatic rings. The molecule has 1 aromatic carbocycles. The van der Waals surface area contributed by atoms with Gasteiger partial charge in [0.2, 0.25) is 0 Å². The smallest absolute Gasteiger partial charge is 0.255 e. The second-order valence-corrected chi connectivity index (χ2v) is 6.40. The van der Waals surface area contributed by atoms with Crippen molar-refractivity contribution in [3.8, 4) is 5.82 Å². The monoisotopic (exact) mass is 387 g/mol. The maximum atomic E-state index is 13.2. The van der Waals surface area contributed by atoms with Crippen LogP contribution in [0.1, 0.15) is 10.4 Å². The lowest BCUT2D eigenvalue weighted by molar-refractivity contribution is 0.0746. The predicted octanol–water partition coefficient (Wildman–Crippen LogP) is 1.81. The van der Waals surface area contributed by atoms with Gasteiger partial charge in [0, 0.05) is 26.2 Å². The minimum absolute atomic E-state index is 0.122. The minimum atomic E-state index is -0.464. The zero-order chi connectivity index (χ0) is 18.8. The third-order valence-corrected chi connectivity index (χ3v) is 4.65. The molecule has 0 spiro atoms. The molecule has 10 heteroatoms. The van der Waals surface area contributed by atoms with Gasteiger partial charge in [0.15, 0.2) is 11.6 Å². The van der Waals surface area contributed by atoms with Crippen LogP contribution in [0.3, 0.4) is 0 Å². The van der Waals surface area contributed by atoms with Gasteiger partial charge in [0.25, 0.3) is 5.91 Å². The van der Waals surface area contributed by atoms with Crippen molar-refractivity contribution in [2.75, 3.05) is 31.1 Å². The van der Waals surface area contributed by atoms with Crippen LogP contribution in [0.4, 0.5) is 10.2 Å². The lowest BCUT2D eigenvalue weighted by atomic mass is 10.1.